The standard InChI is InChI=1S/C19H17ClN2O5/c1-26-19(25)16(27-18(24)11-5-3-2-4-6-11)8-12-7-15(20)17-13(9-21-22-17)14(12)10-23/h2-7,9,16,23H,8,10H2,1H3,(H,21,22). The average molecular weight is 389 g/mol. The van der Waals surface area contributed by atoms with Crippen LogP contribution in [0.25, 0.3) is 10.9 Å². The summed E-state index contributed by atoms with van der Waals surface area (Å²) in [5.74, 6) is -1.35. The Balaban J connectivity index is 1.92. The van der Waals surface area contributed by atoms with Gasteiger partial charge in [0.25, 0.3) is 0 Å². The summed E-state index contributed by atoms with van der Waals surface area (Å²) in [5, 5.41) is 17.5. The zero-order chi connectivity index (χ0) is 19.4. The van der Waals surface area contributed by atoms with E-state index in [9.17, 15) is 14.7 Å². The maximum absolute atomic E-state index is 12.3. The van der Waals surface area contributed by atoms with Crippen molar-refractivity contribution in [3.8, 4) is 0 Å². The van der Waals surface area contributed by atoms with Crippen molar-refractivity contribution >= 4 is 34.4 Å². The van der Waals surface area contributed by atoms with E-state index in [2.05, 4.69) is 10.2 Å². The van der Waals surface area contributed by atoms with Gasteiger partial charge in [-0.05, 0) is 29.3 Å². The molecule has 0 bridgehead atoms. The number of carbonyl (C=O) groups excluding carboxylic acids is 2. The minimum atomic E-state index is -1.19. The first-order valence-corrected chi connectivity index (χ1v) is 8.51. The van der Waals surface area contributed by atoms with Crippen molar-refractivity contribution in [2.75, 3.05) is 7.11 Å². The van der Waals surface area contributed by atoms with E-state index in [0.717, 1.165) is 0 Å². The van der Waals surface area contributed by atoms with Gasteiger partial charge >= 0.3 is 11.9 Å². The molecule has 0 aliphatic heterocycles. The third-order valence-corrected chi connectivity index (χ3v) is 4.48. The SMILES string of the molecule is COC(=O)C(Cc1cc(Cl)c2[nH]ncc2c1CO)OC(=O)c1ccccc1. The number of aromatic amines is 1. The van der Waals surface area contributed by atoms with Crippen molar-refractivity contribution in [3.63, 3.8) is 0 Å². The highest BCUT2D eigenvalue weighted by Crippen LogP contribution is 2.29. The molecule has 0 amide bonds. The molecule has 0 saturated carbocycles. The molecule has 0 aliphatic carbocycles. The van der Waals surface area contributed by atoms with Gasteiger partial charge in [-0.1, -0.05) is 29.8 Å². The molecule has 3 rings (SSSR count). The number of nitrogens with one attached hydrogen (secondary N) is 1. The van der Waals surface area contributed by atoms with E-state index < -0.39 is 18.0 Å². The fourth-order valence-electron chi connectivity index (χ4n) is 2.83. The number of methoxy groups -OCH3 is 1. The van der Waals surface area contributed by atoms with E-state index in [1.54, 1.807) is 42.6 Å². The third-order valence-electron chi connectivity index (χ3n) is 4.18. The summed E-state index contributed by atoms with van der Waals surface area (Å²) in [5.41, 5.74) is 2.01. The van der Waals surface area contributed by atoms with Crippen LogP contribution in [0.3, 0.4) is 0 Å². The van der Waals surface area contributed by atoms with Gasteiger partial charge in [-0.15, -0.1) is 0 Å². The largest absolute Gasteiger partial charge is 0.466 e. The molecule has 0 fully saturated rings. The molecule has 0 saturated heterocycles. The lowest BCUT2D eigenvalue weighted by Gasteiger charge is -2.18. The molecule has 7 nitrogen and oxygen atoms in total. The zero-order valence-corrected chi connectivity index (χ0v) is 15.2. The number of aromatic nitrogens is 2. The normalized spacial score (nSPS) is 12.0. The van der Waals surface area contributed by atoms with Crippen LogP contribution in [0, 0.1) is 0 Å². The number of H-pyrrole nitrogens is 1. The lowest BCUT2D eigenvalue weighted by molar-refractivity contribution is -0.150. The molecule has 140 valence electrons. The Morgan fingerprint density at radius 2 is 2.04 bits per heavy atom. The first-order valence-electron chi connectivity index (χ1n) is 8.13. The van der Waals surface area contributed by atoms with E-state index in [-0.39, 0.29) is 13.0 Å². The number of hydrogen-bond donors (Lipinski definition) is 2. The molecule has 2 N–H and O–H groups in total. The summed E-state index contributed by atoms with van der Waals surface area (Å²) >= 11 is 6.25. The average Bonchev–Trinajstić information content (AvgIpc) is 3.18. The predicted molar refractivity (Wildman–Crippen MR) is 98.4 cm³/mol. The van der Waals surface area contributed by atoms with Crippen molar-refractivity contribution in [2.45, 2.75) is 19.1 Å². The number of rotatable bonds is 6. The summed E-state index contributed by atoms with van der Waals surface area (Å²) in [4.78, 5) is 24.5. The summed E-state index contributed by atoms with van der Waals surface area (Å²) < 4.78 is 10.1. The Kier molecular flexibility index (Phi) is 5.73. The smallest absolute Gasteiger partial charge is 0.347 e. The van der Waals surface area contributed by atoms with Crippen LogP contribution >= 0.6 is 11.6 Å². The van der Waals surface area contributed by atoms with Crippen LogP contribution < -0.4 is 0 Å². The number of aliphatic hydroxyl groups is 1. The summed E-state index contributed by atoms with van der Waals surface area (Å²) in [6.45, 7) is -0.289. The Hall–Kier alpha value is -2.90. The highest BCUT2D eigenvalue weighted by Gasteiger charge is 2.27. The Morgan fingerprint density at radius 1 is 1.30 bits per heavy atom. The number of carbonyl (C=O) groups is 2. The van der Waals surface area contributed by atoms with Gasteiger partial charge in [0.05, 0.1) is 36.0 Å². The third kappa shape index (κ3) is 3.94. The van der Waals surface area contributed by atoms with E-state index >= 15 is 0 Å². The van der Waals surface area contributed by atoms with Crippen LogP contribution in [0.1, 0.15) is 21.5 Å². The number of aliphatic hydroxyl groups excluding tert-OH is 1. The fraction of sp³-hybridized carbons (Fsp3) is 0.211. The quantitative estimate of drug-likeness (QED) is 0.629. The van der Waals surface area contributed by atoms with Gasteiger partial charge in [0.15, 0.2) is 0 Å². The fourth-order valence-corrected chi connectivity index (χ4v) is 3.10. The van der Waals surface area contributed by atoms with E-state index in [1.807, 2.05) is 0 Å². The molecular formula is C19H17ClN2O5. The molecule has 8 heteroatoms. The number of esters is 2. The number of halogens is 1. The van der Waals surface area contributed by atoms with Crippen LogP contribution in [0.15, 0.2) is 42.6 Å². The summed E-state index contributed by atoms with van der Waals surface area (Å²) in [7, 11) is 1.21. The van der Waals surface area contributed by atoms with Gasteiger partial charge in [-0.25, -0.2) is 9.59 Å². The number of fused-ring (bicyclic) bond motifs is 1. The van der Waals surface area contributed by atoms with Crippen LogP contribution in [-0.4, -0.2) is 40.5 Å². The molecule has 0 radical (unpaired) electrons. The molecule has 1 unspecified atom stereocenters. The van der Waals surface area contributed by atoms with Gasteiger partial charge in [-0.2, -0.15) is 5.10 Å². The Morgan fingerprint density at radius 3 is 2.70 bits per heavy atom. The lowest BCUT2D eigenvalue weighted by Crippen LogP contribution is -2.31. The first-order chi connectivity index (χ1) is 13.0. The maximum Gasteiger partial charge on any atom is 0.347 e. The topological polar surface area (TPSA) is 102 Å². The van der Waals surface area contributed by atoms with Gasteiger partial charge < -0.3 is 14.6 Å². The summed E-state index contributed by atoms with van der Waals surface area (Å²) in [6.07, 6.45) is 0.356. The molecule has 0 spiro atoms. The molecule has 1 atom stereocenters. The van der Waals surface area contributed by atoms with Gasteiger partial charge in [0, 0.05) is 11.8 Å². The Bertz CT molecular complexity index is 971. The van der Waals surface area contributed by atoms with Crippen molar-refractivity contribution in [2.24, 2.45) is 0 Å². The van der Waals surface area contributed by atoms with Gasteiger partial charge in [0.1, 0.15) is 0 Å². The van der Waals surface area contributed by atoms with Crippen LogP contribution in [0.4, 0.5) is 0 Å². The maximum atomic E-state index is 12.3. The number of benzene rings is 2. The van der Waals surface area contributed by atoms with Crippen LogP contribution in [0.2, 0.25) is 5.02 Å². The molecule has 3 aromatic rings. The van der Waals surface area contributed by atoms with Gasteiger partial charge in [-0.3, -0.25) is 5.10 Å². The molecule has 0 aliphatic rings. The summed E-state index contributed by atoms with van der Waals surface area (Å²) in [6, 6.07) is 9.94. The highest BCUT2D eigenvalue weighted by molar-refractivity contribution is 6.35. The second kappa shape index (κ2) is 8.20. The van der Waals surface area contributed by atoms with E-state index in [1.165, 1.54) is 7.11 Å². The zero-order valence-electron chi connectivity index (χ0n) is 14.4. The predicted octanol–water partition coefficient (Wildman–Crippen LogP) is 2.65. The van der Waals surface area contributed by atoms with Crippen LogP contribution in [-0.2, 0) is 27.3 Å². The van der Waals surface area contributed by atoms with Crippen molar-refractivity contribution < 1.29 is 24.2 Å². The number of nitrogens with zero attached hydrogens (tertiary/aromatic N) is 1. The van der Waals surface area contributed by atoms with Crippen molar-refractivity contribution in [1.82, 2.24) is 10.2 Å². The van der Waals surface area contributed by atoms with E-state index in [4.69, 9.17) is 21.1 Å². The second-order valence-corrected chi connectivity index (χ2v) is 6.21. The molecule has 1 aromatic heterocycles. The monoisotopic (exact) mass is 388 g/mol. The minimum absolute atomic E-state index is 0.00196. The van der Waals surface area contributed by atoms with Crippen molar-refractivity contribution in [1.29, 1.82) is 0 Å². The lowest BCUT2D eigenvalue weighted by atomic mass is 9.98. The second-order valence-electron chi connectivity index (χ2n) is 5.80. The first kappa shape index (κ1) is 18.9. The minimum Gasteiger partial charge on any atom is -0.466 e. The van der Waals surface area contributed by atoms with E-state index in [0.29, 0.717) is 32.6 Å². The molecule has 2 aromatic carbocycles. The molecule has 27 heavy (non-hydrogen) atoms. The van der Waals surface area contributed by atoms with Gasteiger partial charge in [0.2, 0.25) is 6.10 Å². The number of ether oxygens (including phenoxy) is 2. The Labute approximate surface area is 159 Å². The molecule has 1 heterocycles. The van der Waals surface area contributed by atoms with Crippen molar-refractivity contribution in [3.05, 3.63) is 64.3 Å². The van der Waals surface area contributed by atoms with Crippen LogP contribution in [0.5, 0.6) is 0 Å². The molecular weight excluding hydrogens is 372 g/mol. The highest BCUT2D eigenvalue weighted by atomic mass is 35.5. The number of hydrogen-bond acceptors (Lipinski definition) is 6.